The maximum absolute atomic E-state index is 12.3. The number of aromatic nitrogens is 2. The molecule has 1 atom stereocenters. The summed E-state index contributed by atoms with van der Waals surface area (Å²) in [6, 6.07) is 13.7. The molecule has 5 rings (SSSR count). The zero-order chi connectivity index (χ0) is 28.8. The van der Waals surface area contributed by atoms with Gasteiger partial charge < -0.3 is 34.0 Å². The number of rotatable bonds is 11. The van der Waals surface area contributed by atoms with Gasteiger partial charge in [0, 0.05) is 36.7 Å². The van der Waals surface area contributed by atoms with Crippen molar-refractivity contribution in [1.82, 2.24) is 9.55 Å². The monoisotopic (exact) mass is 576 g/mol. The molecule has 0 spiro atoms. The van der Waals surface area contributed by atoms with Crippen LogP contribution in [-0.4, -0.2) is 53.2 Å². The maximum Gasteiger partial charge on any atom is 0.573 e. The van der Waals surface area contributed by atoms with Gasteiger partial charge in [-0.15, -0.1) is 13.2 Å². The van der Waals surface area contributed by atoms with E-state index in [2.05, 4.69) is 14.6 Å². The van der Waals surface area contributed by atoms with Crippen LogP contribution >= 0.6 is 0 Å². The molecular formula is C28H31F3N4O6. The Balaban J connectivity index is 0.981. The van der Waals surface area contributed by atoms with Gasteiger partial charge in [-0.25, -0.2) is 0 Å². The van der Waals surface area contributed by atoms with Crippen LogP contribution in [0.25, 0.3) is 0 Å². The molecule has 2 aliphatic heterocycles. The van der Waals surface area contributed by atoms with E-state index in [0.29, 0.717) is 37.8 Å². The fourth-order valence-corrected chi connectivity index (χ4v) is 5.06. The van der Waals surface area contributed by atoms with Crippen molar-refractivity contribution in [1.29, 1.82) is 0 Å². The van der Waals surface area contributed by atoms with Gasteiger partial charge in [0.1, 0.15) is 36.2 Å². The summed E-state index contributed by atoms with van der Waals surface area (Å²) in [5, 5.41) is 10.9. The van der Waals surface area contributed by atoms with Crippen LogP contribution in [0.4, 0.5) is 24.7 Å². The van der Waals surface area contributed by atoms with Crippen molar-refractivity contribution in [2.45, 2.75) is 51.1 Å². The zero-order valence-corrected chi connectivity index (χ0v) is 22.3. The van der Waals surface area contributed by atoms with Crippen molar-refractivity contribution < 1.29 is 37.0 Å². The Morgan fingerprint density at radius 1 is 0.951 bits per heavy atom. The Morgan fingerprint density at radius 3 is 2.29 bits per heavy atom. The minimum absolute atomic E-state index is 0.221. The first kappa shape index (κ1) is 28.4. The number of aryl methyl sites for hydroxylation is 1. The third-order valence-electron chi connectivity index (χ3n) is 7.21. The van der Waals surface area contributed by atoms with Crippen LogP contribution in [0.1, 0.15) is 32.1 Å². The molecule has 0 amide bonds. The lowest BCUT2D eigenvalue weighted by Gasteiger charge is -2.33. The van der Waals surface area contributed by atoms with Gasteiger partial charge in [-0.2, -0.15) is 0 Å². The molecule has 2 aliphatic rings. The Kier molecular flexibility index (Phi) is 8.70. The van der Waals surface area contributed by atoms with Gasteiger partial charge in [-0.05, 0) is 85.1 Å². The van der Waals surface area contributed by atoms with Crippen LogP contribution in [0.5, 0.6) is 23.3 Å². The van der Waals surface area contributed by atoms with Crippen LogP contribution in [0.2, 0.25) is 0 Å². The van der Waals surface area contributed by atoms with Crippen molar-refractivity contribution in [3.63, 3.8) is 0 Å². The summed E-state index contributed by atoms with van der Waals surface area (Å²) >= 11 is 0. The summed E-state index contributed by atoms with van der Waals surface area (Å²) in [4.78, 5) is 16.7. The van der Waals surface area contributed by atoms with Gasteiger partial charge in [0.25, 0.3) is 0 Å². The highest BCUT2D eigenvalue weighted by molar-refractivity contribution is 5.49. The zero-order valence-electron chi connectivity index (χ0n) is 22.3. The number of ether oxygens (including phenoxy) is 4. The van der Waals surface area contributed by atoms with Gasteiger partial charge in [0.2, 0.25) is 0 Å². The molecule has 1 aromatic heterocycles. The molecule has 0 aliphatic carbocycles. The van der Waals surface area contributed by atoms with E-state index in [9.17, 15) is 23.3 Å². The van der Waals surface area contributed by atoms with Crippen molar-refractivity contribution in [2.75, 3.05) is 31.2 Å². The number of anilines is 1. The molecule has 10 nitrogen and oxygen atoms in total. The maximum atomic E-state index is 12.3. The average molecular weight is 577 g/mol. The summed E-state index contributed by atoms with van der Waals surface area (Å²) < 4.78 is 59.6. The van der Waals surface area contributed by atoms with Gasteiger partial charge in [-0.3, -0.25) is 4.57 Å². The second-order valence-corrected chi connectivity index (χ2v) is 10.1. The number of nitro groups is 1. The standard InChI is InChI=1S/C28H31F3N4O6/c29-28(30,31)41-24-9-7-22(8-10-24)38-17-1-2-20-11-14-33(15-12-20)21-3-5-23(6-4-21)39-19-25-13-16-34-18-26(35(36)37)32-27(34)40-25/h3-10,18,20,25H,1-2,11-17,19H2. The van der Waals surface area contributed by atoms with Gasteiger partial charge in [0.05, 0.1) is 6.61 Å². The Bertz CT molecular complexity index is 1290. The summed E-state index contributed by atoms with van der Waals surface area (Å²) in [6.45, 7) is 3.34. The predicted octanol–water partition coefficient (Wildman–Crippen LogP) is 6.00. The molecule has 3 aromatic rings. The molecular weight excluding hydrogens is 545 g/mol. The van der Waals surface area contributed by atoms with Crippen LogP contribution in [0, 0.1) is 16.0 Å². The van der Waals surface area contributed by atoms with E-state index in [1.165, 1.54) is 30.5 Å². The average Bonchev–Trinajstić information content (AvgIpc) is 3.39. The van der Waals surface area contributed by atoms with E-state index < -0.39 is 11.3 Å². The van der Waals surface area contributed by atoms with Gasteiger partial charge in [-0.1, -0.05) is 0 Å². The molecule has 2 aromatic carbocycles. The minimum Gasteiger partial charge on any atom is -0.494 e. The smallest absolute Gasteiger partial charge is 0.494 e. The van der Waals surface area contributed by atoms with Crippen molar-refractivity contribution in [3.05, 3.63) is 64.8 Å². The fourth-order valence-electron chi connectivity index (χ4n) is 5.06. The number of alkyl halides is 3. The minimum atomic E-state index is -4.70. The number of halogens is 3. The molecule has 13 heteroatoms. The second-order valence-electron chi connectivity index (χ2n) is 10.1. The summed E-state index contributed by atoms with van der Waals surface area (Å²) in [6.07, 6.45) is 1.19. The number of benzene rings is 2. The van der Waals surface area contributed by atoms with Crippen LogP contribution in [-0.2, 0) is 6.54 Å². The predicted molar refractivity (Wildman–Crippen MR) is 143 cm³/mol. The van der Waals surface area contributed by atoms with Crippen molar-refractivity contribution in [2.24, 2.45) is 5.92 Å². The first-order valence-corrected chi connectivity index (χ1v) is 13.6. The summed E-state index contributed by atoms with van der Waals surface area (Å²) in [7, 11) is 0. The normalized spacial score (nSPS) is 17.4. The molecule has 0 bridgehead atoms. The quantitative estimate of drug-likeness (QED) is 0.156. The highest BCUT2D eigenvalue weighted by Gasteiger charge is 2.31. The lowest BCUT2D eigenvalue weighted by Crippen LogP contribution is -2.33. The largest absolute Gasteiger partial charge is 0.573 e. The third kappa shape index (κ3) is 7.95. The molecule has 0 N–H and O–H groups in total. The van der Waals surface area contributed by atoms with E-state index in [4.69, 9.17) is 14.2 Å². The van der Waals surface area contributed by atoms with E-state index in [0.717, 1.165) is 50.2 Å². The number of nitrogens with zero attached hydrogens (tertiary/aromatic N) is 4. The van der Waals surface area contributed by atoms with E-state index >= 15 is 0 Å². The van der Waals surface area contributed by atoms with E-state index in [-0.39, 0.29) is 23.7 Å². The highest BCUT2D eigenvalue weighted by atomic mass is 19.4. The number of hydrogen-bond acceptors (Lipinski definition) is 8. The third-order valence-corrected chi connectivity index (χ3v) is 7.21. The van der Waals surface area contributed by atoms with Crippen molar-refractivity contribution in [3.8, 4) is 23.3 Å². The molecule has 41 heavy (non-hydrogen) atoms. The number of piperidine rings is 1. The Morgan fingerprint density at radius 2 is 1.61 bits per heavy atom. The summed E-state index contributed by atoms with van der Waals surface area (Å²) in [5.41, 5.74) is 1.14. The Hall–Kier alpha value is -4.16. The number of hydrogen-bond donors (Lipinski definition) is 0. The van der Waals surface area contributed by atoms with E-state index in [1.807, 2.05) is 24.3 Å². The number of imidazole rings is 1. The lowest BCUT2D eigenvalue weighted by molar-refractivity contribution is -0.389. The molecule has 1 saturated heterocycles. The lowest BCUT2D eigenvalue weighted by atomic mass is 9.92. The molecule has 1 unspecified atom stereocenters. The van der Waals surface area contributed by atoms with Crippen LogP contribution < -0.4 is 23.8 Å². The first-order valence-electron chi connectivity index (χ1n) is 13.6. The van der Waals surface area contributed by atoms with Gasteiger partial charge in [0.15, 0.2) is 0 Å². The number of fused-ring (bicyclic) bond motifs is 1. The fraction of sp³-hybridized carbons (Fsp3) is 0.464. The van der Waals surface area contributed by atoms with Crippen LogP contribution in [0.15, 0.2) is 54.7 Å². The topological polar surface area (TPSA) is 101 Å². The molecule has 220 valence electrons. The first-order chi connectivity index (χ1) is 19.7. The van der Waals surface area contributed by atoms with Crippen molar-refractivity contribution >= 4 is 11.5 Å². The second kappa shape index (κ2) is 12.6. The summed E-state index contributed by atoms with van der Waals surface area (Å²) in [5.74, 6) is 1.37. The Labute approximate surface area is 234 Å². The highest BCUT2D eigenvalue weighted by Crippen LogP contribution is 2.29. The molecule has 0 saturated carbocycles. The van der Waals surface area contributed by atoms with Crippen LogP contribution in [0.3, 0.4) is 0 Å². The SMILES string of the molecule is O=[N+]([O-])c1cn2c(n1)OC(COc1ccc(N3CCC(CCCOc4ccc(OC(F)(F)F)cc4)CC3)cc1)CC2. The molecule has 3 heterocycles. The molecule has 0 radical (unpaired) electrons. The van der Waals surface area contributed by atoms with E-state index in [1.54, 1.807) is 4.57 Å². The molecule has 1 fully saturated rings. The van der Waals surface area contributed by atoms with Gasteiger partial charge >= 0.3 is 18.2 Å².